The molecule has 3 N–H and O–H groups in total. The van der Waals surface area contributed by atoms with Crippen molar-refractivity contribution in [2.45, 2.75) is 36.9 Å². The third kappa shape index (κ3) is 7.98. The number of carbonyl (C=O) groups excluding carboxylic acids is 3. The van der Waals surface area contributed by atoms with E-state index in [-0.39, 0.29) is 23.6 Å². The van der Waals surface area contributed by atoms with Crippen LogP contribution in [0, 0.1) is 17.8 Å². The van der Waals surface area contributed by atoms with Crippen LogP contribution in [0.1, 0.15) is 25.8 Å². The first-order valence-corrected chi connectivity index (χ1v) is 12.7. The lowest BCUT2D eigenvalue weighted by molar-refractivity contribution is -0.136. The molecule has 1 heterocycles. The van der Waals surface area contributed by atoms with Gasteiger partial charge in [-0.3, -0.25) is 14.4 Å². The van der Waals surface area contributed by atoms with Gasteiger partial charge in [0.1, 0.15) is 6.04 Å². The summed E-state index contributed by atoms with van der Waals surface area (Å²) in [5.74, 6) is -0.999. The number of thiophene rings is 1. The maximum Gasteiger partial charge on any atom is 0.242 e. The maximum absolute atomic E-state index is 13.4. The van der Waals surface area contributed by atoms with Gasteiger partial charge in [-0.2, -0.15) is 0 Å². The zero-order valence-corrected chi connectivity index (χ0v) is 20.7. The molecule has 3 atom stereocenters. The number of rotatable bonds is 12. The fraction of sp³-hybridized carbons (Fsp3) is 0.458. The summed E-state index contributed by atoms with van der Waals surface area (Å²) in [6.45, 7) is 4.07. The van der Waals surface area contributed by atoms with Gasteiger partial charge in [0.05, 0.1) is 16.0 Å². The van der Waals surface area contributed by atoms with Gasteiger partial charge < -0.3 is 16.0 Å². The number of likely N-dealkylation sites (N-methyl/N-ethyl adjacent to an activating group) is 1. The number of amides is 3. The van der Waals surface area contributed by atoms with Gasteiger partial charge in [-0.1, -0.05) is 50.2 Å². The fourth-order valence-corrected chi connectivity index (χ4v) is 5.55. The number of carbonyl (C=O) groups is 3. The summed E-state index contributed by atoms with van der Waals surface area (Å²) in [7, 11) is 3.15. The summed E-state index contributed by atoms with van der Waals surface area (Å²) < 4.78 is 1.11. The van der Waals surface area contributed by atoms with Crippen molar-refractivity contribution in [2.75, 3.05) is 19.8 Å². The second-order valence-electron chi connectivity index (χ2n) is 8.07. The molecule has 0 spiro atoms. The highest BCUT2D eigenvalue weighted by Gasteiger charge is 2.35. The number of nitrogens with one attached hydrogen (secondary N) is 3. The lowest BCUT2D eigenvalue weighted by atomic mass is 9.84. The fourth-order valence-electron chi connectivity index (χ4n) is 3.55. The zero-order valence-electron chi connectivity index (χ0n) is 19.1. The molecule has 0 saturated heterocycles. The monoisotopic (exact) mass is 475 g/mol. The SMILES string of the molecule is CNC(=O)[C@H](Cc1ccccc1)NC(=O)[C@H](CC(C)C)[C@H](CSc1cccs1)C(=O)NC. The largest absolute Gasteiger partial charge is 0.359 e. The van der Waals surface area contributed by atoms with Gasteiger partial charge in [0.25, 0.3) is 0 Å². The maximum atomic E-state index is 13.4. The number of hydrogen-bond donors (Lipinski definition) is 3. The Labute approximate surface area is 198 Å². The normalized spacial score (nSPS) is 13.8. The summed E-state index contributed by atoms with van der Waals surface area (Å²) in [5.41, 5.74) is 0.956. The first kappa shape index (κ1) is 25.9. The first-order valence-electron chi connectivity index (χ1n) is 10.8. The molecule has 1 aromatic heterocycles. The molecule has 8 heteroatoms. The molecule has 2 rings (SSSR count). The van der Waals surface area contributed by atoms with E-state index in [0.717, 1.165) is 9.77 Å². The van der Waals surface area contributed by atoms with Gasteiger partial charge in [0.2, 0.25) is 17.7 Å². The minimum Gasteiger partial charge on any atom is -0.359 e. The molecule has 0 fully saturated rings. The van der Waals surface area contributed by atoms with E-state index in [2.05, 4.69) is 16.0 Å². The van der Waals surface area contributed by atoms with Crippen LogP contribution in [0.25, 0.3) is 0 Å². The van der Waals surface area contributed by atoms with E-state index in [4.69, 9.17) is 0 Å². The molecule has 0 radical (unpaired) electrons. The summed E-state index contributed by atoms with van der Waals surface area (Å²) in [5, 5.41) is 10.3. The van der Waals surface area contributed by atoms with Crippen LogP contribution in [-0.4, -0.2) is 43.6 Å². The van der Waals surface area contributed by atoms with Gasteiger partial charge in [0.15, 0.2) is 0 Å². The average molecular weight is 476 g/mol. The van der Waals surface area contributed by atoms with Crippen LogP contribution in [0.3, 0.4) is 0 Å². The number of thioether (sulfide) groups is 1. The summed E-state index contributed by atoms with van der Waals surface area (Å²) in [6, 6.07) is 12.9. The molecular formula is C24H33N3O3S2. The van der Waals surface area contributed by atoms with Crippen LogP contribution < -0.4 is 16.0 Å². The summed E-state index contributed by atoms with van der Waals surface area (Å²) in [4.78, 5) is 38.8. The van der Waals surface area contributed by atoms with Crippen molar-refractivity contribution >= 4 is 40.8 Å². The molecule has 174 valence electrons. The van der Waals surface area contributed by atoms with Crippen LogP contribution in [0.4, 0.5) is 0 Å². The Hall–Kier alpha value is -2.32. The Morgan fingerprint density at radius 1 is 0.906 bits per heavy atom. The van der Waals surface area contributed by atoms with Crippen LogP contribution in [-0.2, 0) is 20.8 Å². The Morgan fingerprint density at radius 2 is 1.59 bits per heavy atom. The van der Waals surface area contributed by atoms with Crippen LogP contribution >= 0.6 is 23.1 Å². The Balaban J connectivity index is 2.23. The third-order valence-electron chi connectivity index (χ3n) is 5.19. The van der Waals surface area contributed by atoms with Crippen LogP contribution in [0.5, 0.6) is 0 Å². The Bertz CT molecular complexity index is 857. The molecule has 0 unspecified atom stereocenters. The molecule has 0 saturated carbocycles. The highest BCUT2D eigenvalue weighted by molar-refractivity contribution is 8.01. The second-order valence-corrected chi connectivity index (χ2v) is 10.3. The highest BCUT2D eigenvalue weighted by Crippen LogP contribution is 2.31. The zero-order chi connectivity index (χ0) is 23.5. The summed E-state index contributed by atoms with van der Waals surface area (Å²) >= 11 is 3.20. The Kier molecular flexibility index (Phi) is 10.8. The van der Waals surface area contributed by atoms with Gasteiger partial charge >= 0.3 is 0 Å². The van der Waals surface area contributed by atoms with Crippen molar-refractivity contribution in [3.05, 3.63) is 53.4 Å². The van der Waals surface area contributed by atoms with E-state index in [1.807, 2.05) is 61.7 Å². The van der Waals surface area contributed by atoms with Crippen LogP contribution in [0.15, 0.2) is 52.1 Å². The van der Waals surface area contributed by atoms with Crippen molar-refractivity contribution in [3.8, 4) is 0 Å². The van der Waals surface area contributed by atoms with E-state index in [9.17, 15) is 14.4 Å². The lowest BCUT2D eigenvalue weighted by Crippen LogP contribution is -2.51. The smallest absolute Gasteiger partial charge is 0.242 e. The summed E-state index contributed by atoms with van der Waals surface area (Å²) in [6.07, 6.45) is 0.940. The molecule has 6 nitrogen and oxygen atoms in total. The molecule has 2 aromatic rings. The molecule has 32 heavy (non-hydrogen) atoms. The van der Waals surface area contributed by atoms with E-state index >= 15 is 0 Å². The molecule has 0 bridgehead atoms. The predicted molar refractivity (Wildman–Crippen MR) is 132 cm³/mol. The quantitative estimate of drug-likeness (QED) is 0.411. The lowest BCUT2D eigenvalue weighted by Gasteiger charge is -2.28. The van der Waals surface area contributed by atoms with Gasteiger partial charge in [-0.05, 0) is 29.3 Å². The van der Waals surface area contributed by atoms with E-state index in [1.54, 1.807) is 37.2 Å². The average Bonchev–Trinajstić information content (AvgIpc) is 3.31. The molecule has 0 aliphatic heterocycles. The third-order valence-corrected chi connectivity index (χ3v) is 7.44. The first-order chi connectivity index (χ1) is 15.3. The van der Waals surface area contributed by atoms with E-state index in [0.29, 0.717) is 18.6 Å². The number of hydrogen-bond acceptors (Lipinski definition) is 5. The molecule has 3 amide bonds. The van der Waals surface area contributed by atoms with Gasteiger partial charge in [0, 0.05) is 26.3 Å². The van der Waals surface area contributed by atoms with Crippen molar-refractivity contribution < 1.29 is 14.4 Å². The topological polar surface area (TPSA) is 87.3 Å². The minimum absolute atomic E-state index is 0.158. The second kappa shape index (κ2) is 13.3. The van der Waals surface area contributed by atoms with E-state index < -0.39 is 17.9 Å². The highest BCUT2D eigenvalue weighted by atomic mass is 32.2. The number of benzene rings is 1. The standard InChI is InChI=1S/C24H33N3O3S2/c1-16(2)13-18(19(22(28)25-3)15-32-21-11-8-12-31-21)23(29)27-20(24(30)26-4)14-17-9-6-5-7-10-17/h5-12,16,18-20H,13-15H2,1-4H3,(H,25,28)(H,26,30)(H,27,29)/t18-,19+,20+/m1/s1. The van der Waals surface area contributed by atoms with E-state index in [1.165, 1.54) is 0 Å². The van der Waals surface area contributed by atoms with Crippen molar-refractivity contribution in [3.63, 3.8) is 0 Å². The Morgan fingerprint density at radius 3 is 2.16 bits per heavy atom. The molecule has 0 aliphatic carbocycles. The molecule has 0 aliphatic rings. The van der Waals surface area contributed by atoms with Crippen molar-refractivity contribution in [1.82, 2.24) is 16.0 Å². The van der Waals surface area contributed by atoms with Crippen molar-refractivity contribution in [2.24, 2.45) is 17.8 Å². The predicted octanol–water partition coefficient (Wildman–Crippen LogP) is 3.34. The molecule has 1 aromatic carbocycles. The minimum atomic E-state index is -0.708. The van der Waals surface area contributed by atoms with Crippen LogP contribution in [0.2, 0.25) is 0 Å². The van der Waals surface area contributed by atoms with Gasteiger partial charge in [-0.15, -0.1) is 23.1 Å². The molecular weight excluding hydrogens is 442 g/mol. The van der Waals surface area contributed by atoms with Gasteiger partial charge in [-0.25, -0.2) is 0 Å². The van der Waals surface area contributed by atoms with Crippen molar-refractivity contribution in [1.29, 1.82) is 0 Å².